The lowest BCUT2D eigenvalue weighted by atomic mass is 10.0. The molecule has 0 aromatic heterocycles. The molecule has 200 valence electrons. The Balaban J connectivity index is 1.53. The van der Waals surface area contributed by atoms with Crippen molar-refractivity contribution in [2.45, 2.75) is 22.8 Å². The van der Waals surface area contributed by atoms with Crippen molar-refractivity contribution in [1.29, 1.82) is 0 Å². The van der Waals surface area contributed by atoms with Crippen LogP contribution in [-0.4, -0.2) is 16.0 Å². The second-order valence-electron chi connectivity index (χ2n) is 8.58. The average Bonchev–Trinajstić information content (AvgIpc) is 3.42. The van der Waals surface area contributed by atoms with Crippen LogP contribution in [0.5, 0.6) is 0 Å². The van der Waals surface area contributed by atoms with Gasteiger partial charge in [-0.05, 0) is 47.5 Å². The lowest BCUT2D eigenvalue weighted by molar-refractivity contribution is -0.137. The molecule has 2 unspecified atom stereocenters. The number of rotatable bonds is 6. The van der Waals surface area contributed by atoms with E-state index in [1.165, 1.54) is 24.3 Å². The van der Waals surface area contributed by atoms with Crippen molar-refractivity contribution in [2.24, 2.45) is 5.92 Å². The van der Waals surface area contributed by atoms with Gasteiger partial charge in [0, 0.05) is 23.6 Å². The normalized spacial score (nSPS) is 18.2. The van der Waals surface area contributed by atoms with Crippen LogP contribution >= 0.6 is 46.4 Å². The highest BCUT2D eigenvalue weighted by Gasteiger charge is 2.67. The summed E-state index contributed by atoms with van der Waals surface area (Å²) in [6, 6.07) is 9.06. The first-order valence-electron chi connectivity index (χ1n) is 10.7. The average molecular weight is 612 g/mol. The highest BCUT2D eigenvalue weighted by atomic mass is 35.5. The molecular weight excluding hydrogens is 597 g/mol. The second kappa shape index (κ2) is 10.2. The van der Waals surface area contributed by atoms with Gasteiger partial charge >= 0.3 is 6.18 Å². The number of nitrogens with one attached hydrogen (secondary N) is 1. The van der Waals surface area contributed by atoms with Crippen LogP contribution in [0.15, 0.2) is 48.5 Å². The topological polar surface area (TPSA) is 72.2 Å². The number of anilines is 2. The SMILES string of the molecule is Nc1c(F)ccc(CC(=O)c2cc(NC(=O)C3C(c4ccc(Cl)c(C(F)(F)F)c4)C3(Cl)Cl)ccc2Cl)c1F. The molecule has 0 radical (unpaired) electrons. The van der Waals surface area contributed by atoms with Crippen molar-refractivity contribution in [3.05, 3.63) is 92.5 Å². The van der Waals surface area contributed by atoms with Crippen molar-refractivity contribution >= 4 is 69.5 Å². The highest BCUT2D eigenvalue weighted by Crippen LogP contribution is 2.65. The Morgan fingerprint density at radius 1 is 0.974 bits per heavy atom. The number of carbonyl (C=O) groups is 2. The van der Waals surface area contributed by atoms with E-state index >= 15 is 0 Å². The molecule has 1 aliphatic rings. The molecular formula is C25H15Cl4F5N2O2. The number of ketones is 1. The summed E-state index contributed by atoms with van der Waals surface area (Å²) in [5.74, 6) is -5.51. The Morgan fingerprint density at radius 2 is 1.63 bits per heavy atom. The Labute approximate surface area is 232 Å². The third kappa shape index (κ3) is 5.43. The van der Waals surface area contributed by atoms with Gasteiger partial charge in [-0.15, -0.1) is 23.2 Å². The molecule has 4 nitrogen and oxygen atoms in total. The number of benzene rings is 3. The van der Waals surface area contributed by atoms with Gasteiger partial charge in [0.2, 0.25) is 5.91 Å². The van der Waals surface area contributed by atoms with Crippen LogP contribution in [0.3, 0.4) is 0 Å². The number of hydrogen-bond acceptors (Lipinski definition) is 3. The molecule has 13 heteroatoms. The van der Waals surface area contributed by atoms with Gasteiger partial charge in [-0.3, -0.25) is 9.59 Å². The lowest BCUT2D eigenvalue weighted by Gasteiger charge is -2.11. The van der Waals surface area contributed by atoms with Crippen molar-refractivity contribution in [3.63, 3.8) is 0 Å². The fourth-order valence-corrected chi connectivity index (χ4v) is 5.35. The van der Waals surface area contributed by atoms with Gasteiger partial charge in [0.05, 0.1) is 21.5 Å². The van der Waals surface area contributed by atoms with E-state index in [1.54, 1.807) is 0 Å². The first kappa shape index (κ1) is 28.4. The summed E-state index contributed by atoms with van der Waals surface area (Å²) >= 11 is 24.3. The van der Waals surface area contributed by atoms with E-state index < -0.39 is 68.4 Å². The molecule has 1 fully saturated rings. The number of amides is 1. The second-order valence-corrected chi connectivity index (χ2v) is 10.8. The summed E-state index contributed by atoms with van der Waals surface area (Å²) in [4.78, 5) is 25.8. The van der Waals surface area contributed by atoms with Gasteiger partial charge in [-0.1, -0.05) is 35.3 Å². The van der Waals surface area contributed by atoms with Crippen LogP contribution in [0.25, 0.3) is 0 Å². The monoisotopic (exact) mass is 610 g/mol. The summed E-state index contributed by atoms with van der Waals surface area (Å²) < 4.78 is 65.8. The molecule has 1 amide bonds. The summed E-state index contributed by atoms with van der Waals surface area (Å²) in [5.41, 5.74) is 3.45. The number of Topliss-reactive ketones (excluding diaryl/α,β-unsaturated/α-hetero) is 1. The number of halogens is 9. The van der Waals surface area contributed by atoms with E-state index in [-0.39, 0.29) is 27.4 Å². The van der Waals surface area contributed by atoms with Gasteiger partial charge in [-0.25, -0.2) is 8.78 Å². The molecule has 1 saturated carbocycles. The van der Waals surface area contributed by atoms with E-state index in [0.717, 1.165) is 24.3 Å². The van der Waals surface area contributed by atoms with Crippen LogP contribution in [-0.2, 0) is 17.4 Å². The van der Waals surface area contributed by atoms with Crippen LogP contribution < -0.4 is 11.1 Å². The lowest BCUT2D eigenvalue weighted by Crippen LogP contribution is -2.17. The maximum Gasteiger partial charge on any atom is 0.417 e. The molecule has 1 aliphatic carbocycles. The third-order valence-electron chi connectivity index (χ3n) is 6.08. The zero-order chi connectivity index (χ0) is 28.2. The van der Waals surface area contributed by atoms with Crippen molar-refractivity contribution in [2.75, 3.05) is 11.1 Å². The van der Waals surface area contributed by atoms with Crippen LogP contribution in [0.2, 0.25) is 10.0 Å². The minimum absolute atomic E-state index is 0.00216. The predicted molar refractivity (Wildman–Crippen MR) is 136 cm³/mol. The maximum absolute atomic E-state index is 14.2. The Hall–Kier alpha value is -2.59. The fourth-order valence-electron chi connectivity index (χ4n) is 4.08. The largest absolute Gasteiger partial charge is 0.417 e. The van der Waals surface area contributed by atoms with Crippen molar-refractivity contribution < 1.29 is 31.5 Å². The first-order chi connectivity index (χ1) is 17.6. The van der Waals surface area contributed by atoms with Crippen LogP contribution in [0.4, 0.5) is 33.3 Å². The molecule has 38 heavy (non-hydrogen) atoms. The molecule has 0 spiro atoms. The molecule has 2 atom stereocenters. The molecule has 3 N–H and O–H groups in total. The molecule has 0 heterocycles. The molecule has 3 aromatic rings. The van der Waals surface area contributed by atoms with E-state index in [1.807, 2.05) is 0 Å². The molecule has 0 aliphatic heterocycles. The van der Waals surface area contributed by atoms with Crippen molar-refractivity contribution in [3.8, 4) is 0 Å². The number of nitrogens with two attached hydrogens (primary N) is 1. The standard InChI is InChI=1S/C25H15Cl4F5N2O2/c26-15-5-3-12(9-13(15)18(37)8-11-2-6-17(30)22(35)21(11)31)36-23(38)20-19(24(20,28)29)10-1-4-16(27)14(7-10)25(32,33)34/h1-7,9,19-20H,8,35H2,(H,36,38). The third-order valence-corrected chi connectivity index (χ3v) is 7.68. The number of nitrogen functional groups attached to an aromatic ring is 1. The fraction of sp³-hybridized carbons (Fsp3) is 0.200. The number of carbonyl (C=O) groups excluding carboxylic acids is 2. The van der Waals surface area contributed by atoms with Gasteiger partial charge in [0.1, 0.15) is 15.8 Å². The van der Waals surface area contributed by atoms with E-state index in [4.69, 9.17) is 52.1 Å². The van der Waals surface area contributed by atoms with Crippen LogP contribution in [0.1, 0.15) is 33.0 Å². The van der Waals surface area contributed by atoms with Gasteiger partial charge in [0.25, 0.3) is 0 Å². The minimum Gasteiger partial charge on any atom is -0.394 e. The summed E-state index contributed by atoms with van der Waals surface area (Å²) in [6.45, 7) is 0. The zero-order valence-electron chi connectivity index (χ0n) is 18.8. The van der Waals surface area contributed by atoms with E-state index in [2.05, 4.69) is 5.32 Å². The Morgan fingerprint density at radius 3 is 2.29 bits per heavy atom. The summed E-state index contributed by atoms with van der Waals surface area (Å²) in [7, 11) is 0. The summed E-state index contributed by atoms with van der Waals surface area (Å²) in [6.07, 6.45) is -5.22. The Bertz CT molecular complexity index is 1460. The predicted octanol–water partition coefficient (Wildman–Crippen LogP) is 7.82. The summed E-state index contributed by atoms with van der Waals surface area (Å²) in [5, 5.41) is 2.00. The zero-order valence-corrected chi connectivity index (χ0v) is 21.8. The highest BCUT2D eigenvalue weighted by molar-refractivity contribution is 6.53. The number of hydrogen-bond donors (Lipinski definition) is 2. The van der Waals surface area contributed by atoms with Gasteiger partial charge < -0.3 is 11.1 Å². The molecule has 4 rings (SSSR count). The maximum atomic E-state index is 14.2. The quantitative estimate of drug-likeness (QED) is 0.129. The minimum atomic E-state index is -4.73. The Kier molecular flexibility index (Phi) is 7.62. The van der Waals surface area contributed by atoms with Crippen molar-refractivity contribution in [1.82, 2.24) is 0 Å². The van der Waals surface area contributed by atoms with E-state index in [0.29, 0.717) is 0 Å². The van der Waals surface area contributed by atoms with Gasteiger partial charge in [-0.2, -0.15) is 13.2 Å². The molecule has 0 bridgehead atoms. The van der Waals surface area contributed by atoms with Gasteiger partial charge in [0.15, 0.2) is 11.6 Å². The van der Waals surface area contributed by atoms with Crippen LogP contribution in [0, 0.1) is 17.6 Å². The molecule has 0 saturated heterocycles. The first-order valence-corrected chi connectivity index (χ1v) is 12.2. The smallest absolute Gasteiger partial charge is 0.394 e. The van der Waals surface area contributed by atoms with E-state index in [9.17, 15) is 31.5 Å². The molecule has 3 aromatic carbocycles. The number of alkyl halides is 5.